The lowest BCUT2D eigenvalue weighted by molar-refractivity contribution is -0.153. The summed E-state index contributed by atoms with van der Waals surface area (Å²) in [5.41, 5.74) is -0.513. The molecule has 3 heteroatoms. The zero-order chi connectivity index (χ0) is 10.1. The second-order valence-corrected chi connectivity index (χ2v) is 4.19. The predicted molar refractivity (Wildman–Crippen MR) is 48.1 cm³/mol. The van der Waals surface area contributed by atoms with Crippen LogP contribution >= 0.6 is 0 Å². The lowest BCUT2D eigenvalue weighted by atomic mass is 9.78. The third kappa shape index (κ3) is 1.90. The average Bonchev–Trinajstić information content (AvgIpc) is 2.50. The Labute approximate surface area is 78.5 Å². The number of ketones is 1. The van der Waals surface area contributed by atoms with Crippen molar-refractivity contribution in [1.82, 2.24) is 0 Å². The van der Waals surface area contributed by atoms with Gasteiger partial charge in [-0.1, -0.05) is 0 Å². The van der Waals surface area contributed by atoms with Crippen molar-refractivity contribution >= 4 is 11.8 Å². The number of ether oxygens (including phenoxy) is 1. The first kappa shape index (κ1) is 10.2. The lowest BCUT2D eigenvalue weighted by Gasteiger charge is -2.27. The van der Waals surface area contributed by atoms with E-state index in [9.17, 15) is 9.59 Å². The Bertz CT molecular complexity index is 230. The van der Waals surface area contributed by atoms with E-state index in [4.69, 9.17) is 4.74 Å². The van der Waals surface area contributed by atoms with Crippen LogP contribution in [0.25, 0.3) is 0 Å². The molecule has 0 spiro atoms. The van der Waals surface area contributed by atoms with E-state index in [1.54, 1.807) is 0 Å². The first-order valence-electron chi connectivity index (χ1n) is 4.58. The van der Waals surface area contributed by atoms with Gasteiger partial charge in [0, 0.05) is 12.8 Å². The SMILES string of the molecule is COC(=O)C(C)(C)C1CCC(=O)C1. The van der Waals surface area contributed by atoms with Gasteiger partial charge in [0.05, 0.1) is 12.5 Å². The van der Waals surface area contributed by atoms with Gasteiger partial charge in [0.1, 0.15) is 5.78 Å². The molecule has 1 unspecified atom stereocenters. The smallest absolute Gasteiger partial charge is 0.311 e. The van der Waals surface area contributed by atoms with Gasteiger partial charge in [0.25, 0.3) is 0 Å². The third-order valence-electron chi connectivity index (χ3n) is 2.98. The Morgan fingerprint density at radius 3 is 2.54 bits per heavy atom. The number of carbonyl (C=O) groups is 2. The van der Waals surface area contributed by atoms with Gasteiger partial charge in [-0.25, -0.2) is 0 Å². The van der Waals surface area contributed by atoms with Crippen LogP contribution in [0.1, 0.15) is 33.1 Å². The van der Waals surface area contributed by atoms with Crippen molar-refractivity contribution in [3.05, 3.63) is 0 Å². The number of rotatable bonds is 2. The summed E-state index contributed by atoms with van der Waals surface area (Å²) in [6.07, 6.45) is 1.97. The summed E-state index contributed by atoms with van der Waals surface area (Å²) in [4.78, 5) is 22.5. The molecule has 0 radical (unpaired) electrons. The van der Waals surface area contributed by atoms with Crippen molar-refractivity contribution < 1.29 is 14.3 Å². The largest absolute Gasteiger partial charge is 0.469 e. The number of methoxy groups -OCH3 is 1. The Morgan fingerprint density at radius 2 is 2.15 bits per heavy atom. The average molecular weight is 184 g/mol. The number of hydrogen-bond donors (Lipinski definition) is 0. The van der Waals surface area contributed by atoms with Crippen LogP contribution in [-0.4, -0.2) is 18.9 Å². The molecule has 1 rings (SSSR count). The molecular weight excluding hydrogens is 168 g/mol. The summed E-state index contributed by atoms with van der Waals surface area (Å²) in [6, 6.07) is 0. The topological polar surface area (TPSA) is 43.4 Å². The van der Waals surface area contributed by atoms with Crippen LogP contribution in [0.2, 0.25) is 0 Å². The zero-order valence-electron chi connectivity index (χ0n) is 8.42. The van der Waals surface area contributed by atoms with Gasteiger partial charge in [0.15, 0.2) is 0 Å². The highest BCUT2D eigenvalue weighted by Crippen LogP contribution is 2.38. The van der Waals surface area contributed by atoms with E-state index in [0.717, 1.165) is 6.42 Å². The van der Waals surface area contributed by atoms with Crippen molar-refractivity contribution in [2.75, 3.05) is 7.11 Å². The fourth-order valence-corrected chi connectivity index (χ4v) is 1.86. The fourth-order valence-electron chi connectivity index (χ4n) is 1.86. The predicted octanol–water partition coefficient (Wildman–Crippen LogP) is 1.55. The molecule has 13 heavy (non-hydrogen) atoms. The minimum Gasteiger partial charge on any atom is -0.469 e. The van der Waals surface area contributed by atoms with Gasteiger partial charge in [-0.3, -0.25) is 9.59 Å². The molecule has 0 N–H and O–H groups in total. The van der Waals surface area contributed by atoms with Crippen LogP contribution in [0.4, 0.5) is 0 Å². The molecule has 0 aromatic heterocycles. The van der Waals surface area contributed by atoms with Crippen LogP contribution in [0.15, 0.2) is 0 Å². The Morgan fingerprint density at radius 1 is 1.54 bits per heavy atom. The van der Waals surface area contributed by atoms with Crippen molar-refractivity contribution in [3.8, 4) is 0 Å². The summed E-state index contributed by atoms with van der Waals surface area (Å²) < 4.78 is 4.71. The highest BCUT2D eigenvalue weighted by molar-refractivity contribution is 5.83. The minimum absolute atomic E-state index is 0.160. The summed E-state index contributed by atoms with van der Waals surface area (Å²) in [5.74, 6) is 0.210. The maximum atomic E-state index is 11.4. The molecule has 0 aromatic carbocycles. The molecule has 0 amide bonds. The highest BCUT2D eigenvalue weighted by atomic mass is 16.5. The van der Waals surface area contributed by atoms with Crippen molar-refractivity contribution in [1.29, 1.82) is 0 Å². The molecule has 1 atom stereocenters. The van der Waals surface area contributed by atoms with Gasteiger partial charge in [0.2, 0.25) is 0 Å². The number of esters is 1. The number of Topliss-reactive ketones (excluding diaryl/α,β-unsaturated/α-hetero) is 1. The normalized spacial score (nSPS) is 23.3. The van der Waals surface area contributed by atoms with Gasteiger partial charge < -0.3 is 4.74 Å². The molecule has 0 heterocycles. The first-order chi connectivity index (χ1) is 5.98. The van der Waals surface area contributed by atoms with E-state index >= 15 is 0 Å². The maximum Gasteiger partial charge on any atom is 0.311 e. The Kier molecular flexibility index (Phi) is 2.74. The monoisotopic (exact) mass is 184 g/mol. The molecule has 0 saturated heterocycles. The zero-order valence-corrected chi connectivity index (χ0v) is 8.42. The van der Waals surface area contributed by atoms with Crippen LogP contribution < -0.4 is 0 Å². The van der Waals surface area contributed by atoms with Gasteiger partial charge in [-0.15, -0.1) is 0 Å². The maximum absolute atomic E-state index is 11.4. The number of hydrogen-bond acceptors (Lipinski definition) is 3. The van der Waals surface area contributed by atoms with Crippen molar-refractivity contribution in [2.45, 2.75) is 33.1 Å². The van der Waals surface area contributed by atoms with Crippen molar-refractivity contribution in [2.24, 2.45) is 11.3 Å². The molecule has 1 aliphatic rings. The summed E-state index contributed by atoms with van der Waals surface area (Å²) in [6.45, 7) is 3.70. The van der Waals surface area contributed by atoms with Gasteiger partial charge in [-0.05, 0) is 26.2 Å². The first-order valence-corrected chi connectivity index (χ1v) is 4.58. The van der Waals surface area contributed by atoms with E-state index in [2.05, 4.69) is 0 Å². The van der Waals surface area contributed by atoms with E-state index < -0.39 is 5.41 Å². The summed E-state index contributed by atoms with van der Waals surface area (Å²) in [5, 5.41) is 0. The molecular formula is C10H16O3. The summed E-state index contributed by atoms with van der Waals surface area (Å²) in [7, 11) is 1.39. The quantitative estimate of drug-likeness (QED) is 0.611. The molecule has 1 fully saturated rings. The third-order valence-corrected chi connectivity index (χ3v) is 2.98. The van der Waals surface area contributed by atoms with E-state index in [-0.39, 0.29) is 17.7 Å². The number of carbonyl (C=O) groups excluding carboxylic acids is 2. The summed E-state index contributed by atoms with van der Waals surface area (Å²) >= 11 is 0. The molecule has 1 aliphatic carbocycles. The van der Waals surface area contributed by atoms with E-state index in [1.165, 1.54) is 7.11 Å². The molecule has 0 bridgehead atoms. The fraction of sp³-hybridized carbons (Fsp3) is 0.800. The van der Waals surface area contributed by atoms with Crippen LogP contribution in [-0.2, 0) is 14.3 Å². The van der Waals surface area contributed by atoms with Crippen molar-refractivity contribution in [3.63, 3.8) is 0 Å². The van der Waals surface area contributed by atoms with E-state index in [1.807, 2.05) is 13.8 Å². The lowest BCUT2D eigenvalue weighted by Crippen LogP contribution is -2.32. The van der Waals surface area contributed by atoms with Crippen LogP contribution in [0, 0.1) is 11.3 Å². The highest BCUT2D eigenvalue weighted by Gasteiger charge is 2.41. The molecule has 1 saturated carbocycles. The molecule has 74 valence electrons. The van der Waals surface area contributed by atoms with E-state index in [0.29, 0.717) is 12.8 Å². The Hall–Kier alpha value is -0.860. The molecule has 0 aromatic rings. The minimum atomic E-state index is -0.513. The van der Waals surface area contributed by atoms with Crippen LogP contribution in [0.5, 0.6) is 0 Å². The second-order valence-electron chi connectivity index (χ2n) is 4.19. The molecule has 3 nitrogen and oxygen atoms in total. The van der Waals surface area contributed by atoms with Gasteiger partial charge in [-0.2, -0.15) is 0 Å². The van der Waals surface area contributed by atoms with Gasteiger partial charge >= 0.3 is 5.97 Å². The Balaban J connectivity index is 2.69. The standard InChI is InChI=1S/C10H16O3/c1-10(2,9(12)13-3)7-4-5-8(11)6-7/h7H,4-6H2,1-3H3. The second kappa shape index (κ2) is 3.48. The molecule has 0 aliphatic heterocycles. The van der Waals surface area contributed by atoms with Crippen LogP contribution in [0.3, 0.4) is 0 Å².